The first-order chi connectivity index (χ1) is 15.1. The highest BCUT2D eigenvalue weighted by atomic mass is 35.5. The molecule has 0 spiro atoms. The first-order valence-electron chi connectivity index (χ1n) is 9.83. The van der Waals surface area contributed by atoms with Gasteiger partial charge in [0.25, 0.3) is 11.4 Å². The van der Waals surface area contributed by atoms with Gasteiger partial charge in [0.05, 0.1) is 4.92 Å². The molecule has 1 aromatic heterocycles. The molecular formula is C24H23ClN3O3S+. The molecule has 0 amide bonds. The maximum atomic E-state index is 11.1. The van der Waals surface area contributed by atoms with Gasteiger partial charge in [-0.2, -0.15) is 4.57 Å². The number of nitro benzene ring substituents is 1. The fourth-order valence-corrected chi connectivity index (χ4v) is 3.47. The van der Waals surface area contributed by atoms with E-state index in [4.69, 9.17) is 23.8 Å². The minimum absolute atomic E-state index is 0.0363. The molecule has 32 heavy (non-hydrogen) atoms. The van der Waals surface area contributed by atoms with Crippen LogP contribution in [0.5, 0.6) is 0 Å². The summed E-state index contributed by atoms with van der Waals surface area (Å²) in [6.07, 6.45) is 3.65. The number of aliphatic hydroxyl groups is 1. The van der Waals surface area contributed by atoms with Crippen molar-refractivity contribution in [3.8, 4) is 0 Å². The van der Waals surface area contributed by atoms with E-state index in [1.165, 1.54) is 24.3 Å². The Labute approximate surface area is 196 Å². The zero-order valence-electron chi connectivity index (χ0n) is 17.9. The van der Waals surface area contributed by atoms with Crippen molar-refractivity contribution in [3.63, 3.8) is 0 Å². The van der Waals surface area contributed by atoms with Crippen molar-refractivity contribution in [2.45, 2.75) is 26.2 Å². The Hall–Kier alpha value is -3.29. The summed E-state index contributed by atoms with van der Waals surface area (Å²) in [4.78, 5) is 10.8. The Bertz CT molecular complexity index is 1170. The lowest BCUT2D eigenvalue weighted by molar-refractivity contribution is -0.575. The number of nitrogens with zero attached hydrogens (tertiary/aromatic N) is 2. The molecule has 0 saturated carbocycles. The zero-order chi connectivity index (χ0) is 23.5. The highest BCUT2D eigenvalue weighted by Crippen LogP contribution is 2.24. The number of halogens is 1. The van der Waals surface area contributed by atoms with Crippen molar-refractivity contribution in [1.29, 1.82) is 0 Å². The van der Waals surface area contributed by atoms with Crippen LogP contribution in [-0.2, 0) is 5.41 Å². The Morgan fingerprint density at radius 3 is 2.09 bits per heavy atom. The quantitative estimate of drug-likeness (QED) is 0.117. The van der Waals surface area contributed by atoms with E-state index in [9.17, 15) is 15.2 Å². The maximum Gasteiger partial charge on any atom is 0.288 e. The second kappa shape index (κ2) is 9.46. The van der Waals surface area contributed by atoms with Gasteiger partial charge >= 0.3 is 0 Å². The summed E-state index contributed by atoms with van der Waals surface area (Å²) >= 11 is 11.6. The molecule has 0 aliphatic heterocycles. The Kier molecular flexibility index (Phi) is 6.91. The van der Waals surface area contributed by atoms with Crippen LogP contribution in [0.15, 0.2) is 73.1 Å². The van der Waals surface area contributed by atoms with Crippen molar-refractivity contribution in [2.24, 2.45) is 0 Å². The summed E-state index contributed by atoms with van der Waals surface area (Å²) in [5.41, 5.74) is 2.47. The van der Waals surface area contributed by atoms with Crippen LogP contribution in [-0.4, -0.2) is 15.0 Å². The topological polar surface area (TPSA) is 79.3 Å². The van der Waals surface area contributed by atoms with Gasteiger partial charge in [0.1, 0.15) is 0 Å². The number of anilines is 1. The van der Waals surface area contributed by atoms with Crippen LogP contribution >= 0.6 is 23.8 Å². The number of aliphatic hydroxyl groups excluding tert-OH is 1. The van der Waals surface area contributed by atoms with Crippen molar-refractivity contribution >= 4 is 51.6 Å². The van der Waals surface area contributed by atoms with Crippen LogP contribution in [0.3, 0.4) is 0 Å². The van der Waals surface area contributed by atoms with Gasteiger partial charge in [0.2, 0.25) is 0 Å². The summed E-state index contributed by atoms with van der Waals surface area (Å²) < 4.78 is 1.72. The average Bonchev–Trinajstić information content (AvgIpc) is 2.75. The Morgan fingerprint density at radius 2 is 1.59 bits per heavy atom. The lowest BCUT2D eigenvalue weighted by Crippen LogP contribution is -2.39. The second-order valence-electron chi connectivity index (χ2n) is 8.21. The first-order valence-corrected chi connectivity index (χ1v) is 10.6. The Morgan fingerprint density at radius 1 is 1.03 bits per heavy atom. The number of benzene rings is 2. The average molecular weight is 469 g/mol. The van der Waals surface area contributed by atoms with Gasteiger partial charge in [-0.15, -0.1) is 0 Å². The van der Waals surface area contributed by atoms with Crippen LogP contribution in [0.2, 0.25) is 5.02 Å². The Balaban J connectivity index is 2.07. The van der Waals surface area contributed by atoms with E-state index in [-0.39, 0.29) is 21.9 Å². The van der Waals surface area contributed by atoms with E-state index in [0.29, 0.717) is 22.0 Å². The molecule has 0 unspecified atom stereocenters. The SMILES string of the molecule is CC(C)(C)c1cc[n+](C(C(=S)Nc2ccc(Cl)cc2)=C(O)c2ccc([N+](=O)[O-])cc2)cc1. The smallest absolute Gasteiger partial charge is 0.288 e. The number of rotatable bonds is 5. The molecule has 0 saturated heterocycles. The normalized spacial score (nSPS) is 12.1. The predicted molar refractivity (Wildman–Crippen MR) is 132 cm³/mol. The van der Waals surface area contributed by atoms with Crippen molar-refractivity contribution in [1.82, 2.24) is 0 Å². The number of nitro groups is 1. The zero-order valence-corrected chi connectivity index (χ0v) is 19.4. The molecule has 164 valence electrons. The number of nitrogens with one attached hydrogen (secondary N) is 1. The third-order valence-corrected chi connectivity index (χ3v) is 5.39. The predicted octanol–water partition coefficient (Wildman–Crippen LogP) is 6.16. The van der Waals surface area contributed by atoms with Gasteiger partial charge in [-0.05, 0) is 47.4 Å². The van der Waals surface area contributed by atoms with E-state index in [1.807, 2.05) is 24.5 Å². The van der Waals surface area contributed by atoms with Crippen LogP contribution in [0, 0.1) is 10.1 Å². The van der Waals surface area contributed by atoms with E-state index in [2.05, 4.69) is 26.1 Å². The monoisotopic (exact) mass is 468 g/mol. The van der Waals surface area contributed by atoms with Gasteiger partial charge in [0.15, 0.2) is 23.1 Å². The first kappa shape index (κ1) is 23.4. The van der Waals surface area contributed by atoms with Crippen LogP contribution in [0.25, 0.3) is 11.5 Å². The van der Waals surface area contributed by atoms with Crippen molar-refractivity contribution < 1.29 is 14.6 Å². The number of hydrogen-bond donors (Lipinski definition) is 2. The molecule has 0 fully saturated rings. The van der Waals surface area contributed by atoms with Gasteiger partial charge in [-0.25, -0.2) is 0 Å². The van der Waals surface area contributed by atoms with E-state index in [0.717, 1.165) is 5.56 Å². The summed E-state index contributed by atoms with van der Waals surface area (Å²) in [7, 11) is 0. The van der Waals surface area contributed by atoms with E-state index < -0.39 is 4.92 Å². The number of non-ortho nitro benzene ring substituents is 1. The lowest BCUT2D eigenvalue weighted by atomic mass is 9.88. The molecule has 3 aromatic rings. The molecule has 0 bridgehead atoms. The number of aromatic nitrogens is 1. The summed E-state index contributed by atoms with van der Waals surface area (Å²) in [5.74, 6) is -0.111. The molecule has 0 aliphatic carbocycles. The molecule has 0 atom stereocenters. The number of hydrogen-bond acceptors (Lipinski definition) is 4. The van der Waals surface area contributed by atoms with E-state index in [1.54, 1.807) is 28.8 Å². The van der Waals surface area contributed by atoms with Gasteiger partial charge in [0, 0.05) is 40.5 Å². The number of thiocarbonyl (C=S) groups is 1. The minimum atomic E-state index is -0.488. The molecule has 6 nitrogen and oxygen atoms in total. The van der Waals surface area contributed by atoms with Crippen LogP contribution in [0.4, 0.5) is 11.4 Å². The lowest BCUT2D eigenvalue weighted by Gasteiger charge is -2.18. The molecule has 8 heteroatoms. The summed E-state index contributed by atoms with van der Waals surface area (Å²) in [6, 6.07) is 16.6. The molecule has 2 aromatic carbocycles. The van der Waals surface area contributed by atoms with Crippen molar-refractivity contribution in [2.75, 3.05) is 5.32 Å². The largest absolute Gasteiger partial charge is 0.502 e. The van der Waals surface area contributed by atoms with E-state index >= 15 is 0 Å². The number of pyridine rings is 1. The van der Waals surface area contributed by atoms with Gasteiger partial charge in [-0.3, -0.25) is 10.1 Å². The van der Waals surface area contributed by atoms with Crippen molar-refractivity contribution in [3.05, 3.63) is 99.3 Å². The third-order valence-electron chi connectivity index (χ3n) is 4.85. The second-order valence-corrected chi connectivity index (χ2v) is 9.05. The third kappa shape index (κ3) is 5.49. The molecule has 2 N–H and O–H groups in total. The van der Waals surface area contributed by atoms with Gasteiger partial charge in [-0.1, -0.05) is 44.6 Å². The van der Waals surface area contributed by atoms with Gasteiger partial charge < -0.3 is 10.4 Å². The summed E-state index contributed by atoms with van der Waals surface area (Å²) in [6.45, 7) is 6.35. The fraction of sp³-hybridized carbons (Fsp3) is 0.167. The molecule has 1 heterocycles. The highest BCUT2D eigenvalue weighted by Gasteiger charge is 2.25. The minimum Gasteiger partial charge on any atom is -0.502 e. The highest BCUT2D eigenvalue weighted by molar-refractivity contribution is 7.81. The van der Waals surface area contributed by atoms with Crippen LogP contribution in [0.1, 0.15) is 31.9 Å². The standard InChI is InChI=1S/C24H22ClN3O3S/c1-24(2,3)17-12-14-27(15-13-17)21(23(32)26-19-8-6-18(25)7-9-19)22(29)16-4-10-20(11-5-16)28(30)31/h4-15H,1-3H3,(H-,26,29,32)/p+1. The molecule has 0 aliphatic rings. The maximum absolute atomic E-state index is 11.1. The molecule has 0 radical (unpaired) electrons. The molecule has 3 rings (SSSR count). The summed E-state index contributed by atoms with van der Waals surface area (Å²) in [5, 5.41) is 25.8. The van der Waals surface area contributed by atoms with Crippen LogP contribution < -0.4 is 9.88 Å². The molecular weight excluding hydrogens is 446 g/mol. The fourth-order valence-electron chi connectivity index (χ4n) is 3.02.